The third-order valence-electron chi connectivity index (χ3n) is 4.83. The van der Waals surface area contributed by atoms with Crippen molar-refractivity contribution in [3.05, 3.63) is 95.4 Å². The van der Waals surface area contributed by atoms with E-state index >= 15 is 0 Å². The second-order valence-electron chi connectivity index (χ2n) is 7.16. The van der Waals surface area contributed by atoms with Crippen LogP contribution in [0.2, 0.25) is 0 Å². The van der Waals surface area contributed by atoms with E-state index in [1.165, 1.54) is 0 Å². The summed E-state index contributed by atoms with van der Waals surface area (Å²) in [6.45, 7) is 1.28. The lowest BCUT2D eigenvalue weighted by Crippen LogP contribution is -2.06. The van der Waals surface area contributed by atoms with Gasteiger partial charge in [-0.05, 0) is 60.8 Å². The first kappa shape index (κ1) is 16.3. The average molecular weight is 380 g/mol. The summed E-state index contributed by atoms with van der Waals surface area (Å²) in [6, 6.07) is 0. The van der Waals surface area contributed by atoms with Crippen molar-refractivity contribution >= 4 is 22.8 Å². The van der Waals surface area contributed by atoms with E-state index in [1.807, 2.05) is 66.8 Å². The molecule has 0 radical (unpaired) electrons. The minimum absolute atomic E-state index is 0.182. The zero-order valence-corrected chi connectivity index (χ0v) is 15.4. The van der Waals surface area contributed by atoms with E-state index in [4.69, 9.17) is 14.5 Å². The number of nitrogens with zero attached hydrogens (tertiary/aromatic N) is 4. The van der Waals surface area contributed by atoms with Crippen LogP contribution >= 0.6 is 0 Å². The first-order chi connectivity index (χ1) is 14.3. The van der Waals surface area contributed by atoms with Gasteiger partial charge in [0.05, 0.1) is 46.5 Å². The van der Waals surface area contributed by atoms with Crippen LogP contribution in [0.5, 0.6) is 0 Å². The number of hydrogen-bond acceptors (Lipinski definition) is 6. The van der Waals surface area contributed by atoms with Crippen LogP contribution < -0.4 is 0 Å². The highest BCUT2D eigenvalue weighted by Crippen LogP contribution is 2.24. The molecule has 6 rings (SSSR count). The molecule has 6 aliphatic heterocycles. The molecule has 29 heavy (non-hydrogen) atoms. The van der Waals surface area contributed by atoms with Crippen molar-refractivity contribution in [2.75, 3.05) is 13.2 Å². The van der Waals surface area contributed by atoms with Gasteiger partial charge in [-0.1, -0.05) is 0 Å². The van der Waals surface area contributed by atoms with Crippen LogP contribution in [0.1, 0.15) is 0 Å². The molecule has 1 unspecified atom stereocenters. The fourth-order valence-corrected chi connectivity index (χ4v) is 3.33. The number of rotatable bonds is 3. The summed E-state index contributed by atoms with van der Waals surface area (Å²) >= 11 is 0. The lowest BCUT2D eigenvalue weighted by Gasteiger charge is -2.05. The van der Waals surface area contributed by atoms with Crippen molar-refractivity contribution in [3.8, 4) is 0 Å². The summed E-state index contributed by atoms with van der Waals surface area (Å²) in [7, 11) is 0. The molecule has 140 valence electrons. The maximum Gasteiger partial charge on any atom is 0.147 e. The van der Waals surface area contributed by atoms with Gasteiger partial charge in [-0.15, -0.1) is 0 Å². The highest BCUT2D eigenvalue weighted by atomic mass is 16.6. The largest absolute Gasteiger partial charge is 0.488 e. The lowest BCUT2D eigenvalue weighted by molar-refractivity contribution is 0.199. The predicted octanol–water partition coefficient (Wildman–Crippen LogP) is 3.32. The zero-order chi connectivity index (χ0) is 19.2. The molecule has 1 saturated heterocycles. The van der Waals surface area contributed by atoms with Gasteiger partial charge in [0.25, 0.3) is 0 Å². The van der Waals surface area contributed by atoms with Crippen LogP contribution in [0.15, 0.2) is 115 Å². The van der Waals surface area contributed by atoms with Gasteiger partial charge in [0.2, 0.25) is 0 Å². The minimum atomic E-state index is 0.182. The van der Waals surface area contributed by atoms with E-state index < -0.39 is 0 Å². The van der Waals surface area contributed by atoms with Crippen LogP contribution in [0.3, 0.4) is 0 Å². The van der Waals surface area contributed by atoms with Gasteiger partial charge in [0.15, 0.2) is 0 Å². The third-order valence-corrected chi connectivity index (χ3v) is 4.83. The Labute approximate surface area is 167 Å². The Morgan fingerprint density at radius 2 is 1.24 bits per heavy atom. The van der Waals surface area contributed by atoms with Gasteiger partial charge >= 0.3 is 0 Å². The standard InChI is InChI=1S/C23H16N4O2/c1-2-15-8-17-5-6-19(26-17)10-22-23(29-13-21-12-28-21)11-20(27-22)9-18-4-3-16(25-18)7-14(1)24-15/h1-11,21H,12-13H2. The summed E-state index contributed by atoms with van der Waals surface area (Å²) in [5.41, 5.74) is 6.68. The van der Waals surface area contributed by atoms with Gasteiger partial charge in [0, 0.05) is 6.08 Å². The topological polar surface area (TPSA) is 71.2 Å². The molecular weight excluding hydrogens is 364 g/mol. The molecule has 0 spiro atoms. The highest BCUT2D eigenvalue weighted by Gasteiger charge is 2.25. The summed E-state index contributed by atoms with van der Waals surface area (Å²) in [5, 5.41) is 0. The monoisotopic (exact) mass is 380 g/mol. The maximum atomic E-state index is 5.95. The normalized spacial score (nSPS) is 25.5. The highest BCUT2D eigenvalue weighted by molar-refractivity contribution is 6.15. The first-order valence-corrected chi connectivity index (χ1v) is 9.49. The van der Waals surface area contributed by atoms with Crippen LogP contribution in [-0.4, -0.2) is 42.2 Å². The molecule has 1 atom stereocenters. The Morgan fingerprint density at radius 1 is 0.690 bits per heavy atom. The number of ether oxygens (including phenoxy) is 2. The van der Waals surface area contributed by atoms with Crippen molar-refractivity contribution < 1.29 is 9.47 Å². The summed E-state index contributed by atoms with van der Waals surface area (Å²) in [5.74, 6) is 0.727. The molecule has 0 aromatic carbocycles. The summed E-state index contributed by atoms with van der Waals surface area (Å²) < 4.78 is 11.2. The van der Waals surface area contributed by atoms with Gasteiger partial charge in [0.1, 0.15) is 24.2 Å². The molecule has 1 fully saturated rings. The Bertz CT molecular complexity index is 1190. The third kappa shape index (κ3) is 3.46. The molecule has 6 nitrogen and oxygen atoms in total. The van der Waals surface area contributed by atoms with Crippen molar-refractivity contribution in [2.24, 2.45) is 20.0 Å². The van der Waals surface area contributed by atoms with Crippen molar-refractivity contribution in [1.82, 2.24) is 0 Å². The first-order valence-electron chi connectivity index (χ1n) is 9.49. The number of epoxide rings is 1. The molecule has 0 aliphatic carbocycles. The molecule has 0 N–H and O–H groups in total. The Hall–Kier alpha value is -3.64. The van der Waals surface area contributed by atoms with Crippen molar-refractivity contribution in [2.45, 2.75) is 6.10 Å². The van der Waals surface area contributed by atoms with Gasteiger partial charge < -0.3 is 9.47 Å². The zero-order valence-electron chi connectivity index (χ0n) is 15.4. The van der Waals surface area contributed by atoms with Gasteiger partial charge in [-0.25, -0.2) is 20.0 Å². The number of fused-ring (bicyclic) bond motifs is 4. The summed E-state index contributed by atoms with van der Waals surface area (Å²) in [6.07, 6.45) is 21.8. The SMILES string of the molecule is C1=CC2=NC1=CC1=NC(=CC3=NC(=CC4=NC(=C2)C=C4)C=C3OCC2CO2)C=C1. The van der Waals surface area contributed by atoms with E-state index in [-0.39, 0.29) is 6.10 Å². The fourth-order valence-electron chi connectivity index (χ4n) is 3.33. The molecule has 0 saturated carbocycles. The van der Waals surface area contributed by atoms with Gasteiger partial charge in [-0.3, -0.25) is 0 Å². The van der Waals surface area contributed by atoms with Crippen LogP contribution in [0.4, 0.5) is 0 Å². The predicted molar refractivity (Wildman–Crippen MR) is 113 cm³/mol. The second kappa shape index (κ2) is 6.46. The molecule has 0 amide bonds. The van der Waals surface area contributed by atoms with E-state index in [0.29, 0.717) is 6.61 Å². The number of hydrogen-bond donors (Lipinski definition) is 0. The number of allylic oxidation sites excluding steroid dienone is 11. The summed E-state index contributed by atoms with van der Waals surface area (Å²) in [4.78, 5) is 18.7. The molecule has 6 aliphatic rings. The van der Waals surface area contributed by atoms with E-state index in [1.54, 1.807) is 0 Å². The van der Waals surface area contributed by atoms with Crippen molar-refractivity contribution in [1.29, 1.82) is 0 Å². The lowest BCUT2D eigenvalue weighted by atomic mass is 10.2. The molecule has 0 aromatic heterocycles. The molecular formula is C23H16N4O2. The van der Waals surface area contributed by atoms with E-state index in [9.17, 15) is 0 Å². The quantitative estimate of drug-likeness (QED) is 0.705. The fraction of sp³-hybridized carbons (Fsp3) is 0.130. The van der Waals surface area contributed by atoms with E-state index in [0.717, 1.165) is 58.0 Å². The average Bonchev–Trinajstić information content (AvgIpc) is 3.07. The minimum Gasteiger partial charge on any atom is -0.488 e. The maximum absolute atomic E-state index is 5.95. The van der Waals surface area contributed by atoms with Crippen molar-refractivity contribution in [3.63, 3.8) is 0 Å². The molecule has 0 aromatic rings. The smallest absolute Gasteiger partial charge is 0.147 e. The van der Waals surface area contributed by atoms with Crippen LogP contribution in [0, 0.1) is 0 Å². The second-order valence-corrected chi connectivity index (χ2v) is 7.16. The van der Waals surface area contributed by atoms with Gasteiger partial charge in [-0.2, -0.15) is 0 Å². The molecule has 6 heteroatoms. The van der Waals surface area contributed by atoms with Crippen LogP contribution in [0.25, 0.3) is 0 Å². The molecule has 8 bridgehead atoms. The molecule has 6 heterocycles. The number of aliphatic imine (C=N–C) groups is 4. The van der Waals surface area contributed by atoms with E-state index in [2.05, 4.69) is 15.0 Å². The Morgan fingerprint density at radius 3 is 1.83 bits per heavy atom. The Kier molecular flexibility index (Phi) is 3.64. The Balaban J connectivity index is 1.42. The van der Waals surface area contributed by atoms with Crippen LogP contribution in [-0.2, 0) is 9.47 Å².